The van der Waals surface area contributed by atoms with E-state index in [4.69, 9.17) is 18.9 Å². The lowest BCUT2D eigenvalue weighted by Gasteiger charge is -2.40. The summed E-state index contributed by atoms with van der Waals surface area (Å²) in [7, 11) is 1.53. The Bertz CT molecular complexity index is 1390. The smallest absolute Gasteiger partial charge is 0.411 e. The minimum absolute atomic E-state index is 0.253. The van der Waals surface area contributed by atoms with Crippen LogP contribution in [0.2, 0.25) is 0 Å². The van der Waals surface area contributed by atoms with E-state index >= 15 is 0 Å². The maximum Gasteiger partial charge on any atom is 0.411 e. The summed E-state index contributed by atoms with van der Waals surface area (Å²) in [5.41, 5.74) is 0.441. The summed E-state index contributed by atoms with van der Waals surface area (Å²) in [5.74, 6) is 0.324. The molecule has 0 aromatic heterocycles. The molecule has 1 heterocycles. The zero-order chi connectivity index (χ0) is 51.6. The highest BCUT2D eigenvalue weighted by Crippen LogP contribution is 2.25. The highest BCUT2D eigenvalue weighted by molar-refractivity contribution is 5.84. The first-order valence-electron chi connectivity index (χ1n) is 29.2. The average molecular weight is 1010 g/mol. The number of methoxy groups -OCH3 is 1. The molecule has 1 saturated heterocycles. The lowest BCUT2D eigenvalue weighted by Crippen LogP contribution is -2.60. The van der Waals surface area contributed by atoms with Crippen molar-refractivity contribution in [2.75, 3.05) is 25.6 Å². The third kappa shape index (κ3) is 32.4. The molecule has 1 aliphatic rings. The number of anilines is 1. The van der Waals surface area contributed by atoms with E-state index in [1.165, 1.54) is 180 Å². The van der Waals surface area contributed by atoms with Gasteiger partial charge in [0.2, 0.25) is 5.91 Å². The second-order valence-corrected chi connectivity index (χ2v) is 20.7. The molecule has 71 heavy (non-hydrogen) atoms. The van der Waals surface area contributed by atoms with Crippen molar-refractivity contribution in [3.8, 4) is 5.75 Å². The first-order valence-corrected chi connectivity index (χ1v) is 29.2. The average Bonchev–Trinajstić information content (AvgIpc) is 3.37. The van der Waals surface area contributed by atoms with Gasteiger partial charge in [-0.05, 0) is 37.1 Å². The van der Waals surface area contributed by atoms with Crippen LogP contribution in [0.5, 0.6) is 5.75 Å². The Morgan fingerprint density at radius 1 is 0.563 bits per heavy atom. The Hall–Kier alpha value is -2.52. The largest absolute Gasteiger partial charge is 0.497 e. The lowest BCUT2D eigenvalue weighted by molar-refractivity contribution is -0.302. The van der Waals surface area contributed by atoms with Gasteiger partial charge in [-0.1, -0.05) is 232 Å². The van der Waals surface area contributed by atoms with Gasteiger partial charge in [-0.2, -0.15) is 0 Å². The third-order valence-electron chi connectivity index (χ3n) is 14.3. The number of hydrogen-bond acceptors (Lipinski definition) is 11. The molecule has 414 valence electrons. The van der Waals surface area contributed by atoms with Gasteiger partial charge in [0.1, 0.15) is 42.9 Å². The number of aliphatic hydroxyl groups excluding tert-OH is 5. The van der Waals surface area contributed by atoms with Crippen molar-refractivity contribution < 1.29 is 54.1 Å². The Balaban J connectivity index is 1.74. The summed E-state index contributed by atoms with van der Waals surface area (Å²) in [6.45, 7) is 3.67. The second kappa shape index (κ2) is 43.8. The van der Waals surface area contributed by atoms with Crippen LogP contribution in [0.25, 0.3) is 0 Å². The molecule has 8 atom stereocenters. The fourth-order valence-electron chi connectivity index (χ4n) is 9.59. The molecular formula is C58H106N2O11. The van der Waals surface area contributed by atoms with E-state index in [1.807, 2.05) is 0 Å². The van der Waals surface area contributed by atoms with Crippen LogP contribution in [0, 0.1) is 0 Å². The molecule has 0 aliphatic carbocycles. The Morgan fingerprint density at radius 2 is 0.972 bits per heavy atom. The zero-order valence-electron chi connectivity index (χ0n) is 45.2. The fourth-order valence-corrected chi connectivity index (χ4v) is 9.59. The molecule has 0 spiro atoms. The van der Waals surface area contributed by atoms with Crippen molar-refractivity contribution in [2.24, 2.45) is 0 Å². The monoisotopic (exact) mass is 1010 g/mol. The summed E-state index contributed by atoms with van der Waals surface area (Å²) in [6, 6.07) is 5.53. The first kappa shape index (κ1) is 64.6. The number of ether oxygens (including phenoxy) is 4. The molecule has 2 rings (SSSR count). The fraction of sp³-hybridized carbons (Fsp3) is 0.862. The maximum absolute atomic E-state index is 13.3. The van der Waals surface area contributed by atoms with Crippen molar-refractivity contribution >= 4 is 17.7 Å². The number of carbonyl (C=O) groups is 2. The quantitative estimate of drug-likeness (QED) is 0.0307. The topological polar surface area (TPSA) is 196 Å². The summed E-state index contributed by atoms with van der Waals surface area (Å²) < 4.78 is 22.1. The van der Waals surface area contributed by atoms with Crippen LogP contribution < -0.4 is 15.4 Å². The Labute approximate surface area is 431 Å². The molecule has 0 radical (unpaired) electrons. The van der Waals surface area contributed by atoms with Gasteiger partial charge >= 0.3 is 6.09 Å². The summed E-state index contributed by atoms with van der Waals surface area (Å²) in [5, 5.41) is 60.1. The van der Waals surface area contributed by atoms with E-state index in [0.717, 1.165) is 44.9 Å². The predicted molar refractivity (Wildman–Crippen MR) is 287 cm³/mol. The minimum atomic E-state index is -1.71. The maximum atomic E-state index is 13.3. The van der Waals surface area contributed by atoms with Gasteiger partial charge in [-0.15, -0.1) is 0 Å². The summed E-state index contributed by atoms with van der Waals surface area (Å²) in [4.78, 5) is 25.8. The Kier molecular flexibility index (Phi) is 39.9. The lowest BCUT2D eigenvalue weighted by atomic mass is 9.98. The summed E-state index contributed by atoms with van der Waals surface area (Å²) >= 11 is 0. The van der Waals surface area contributed by atoms with Gasteiger partial charge in [0.25, 0.3) is 0 Å². The molecule has 1 fully saturated rings. The molecule has 1 aliphatic heterocycles. The number of rotatable bonds is 47. The van der Waals surface area contributed by atoms with Crippen molar-refractivity contribution in [2.45, 2.75) is 300 Å². The number of carbonyl (C=O) groups excluding carboxylic acids is 2. The number of hydrogen-bond donors (Lipinski definition) is 7. The molecule has 3 unspecified atom stereocenters. The van der Waals surface area contributed by atoms with Crippen LogP contribution in [0.15, 0.2) is 24.3 Å². The molecule has 7 N–H and O–H groups in total. The molecule has 13 nitrogen and oxygen atoms in total. The van der Waals surface area contributed by atoms with E-state index in [1.54, 1.807) is 24.3 Å². The van der Waals surface area contributed by atoms with Crippen molar-refractivity contribution in [3.05, 3.63) is 24.3 Å². The minimum Gasteiger partial charge on any atom is -0.497 e. The van der Waals surface area contributed by atoms with Crippen LogP contribution in [-0.2, 0) is 19.0 Å². The van der Waals surface area contributed by atoms with Gasteiger partial charge in [0, 0.05) is 12.1 Å². The highest BCUT2D eigenvalue weighted by Gasteiger charge is 2.45. The van der Waals surface area contributed by atoms with Crippen molar-refractivity contribution in [3.63, 3.8) is 0 Å². The van der Waals surface area contributed by atoms with Crippen molar-refractivity contribution in [1.29, 1.82) is 0 Å². The predicted octanol–water partition coefficient (Wildman–Crippen LogP) is 12.7. The van der Waals surface area contributed by atoms with E-state index < -0.39 is 61.7 Å². The SMILES string of the molecule is CCCCCCCCCCCCCCCCCCCCCCCCCC(=O)NC(CO[C@H]1O[C@H](COC(=O)Nc2ccc(OC)cc2)[C@H](O)[C@H](O)[C@H]1O)C(O)C(O)CCCCCCCCCCCCCC. The Morgan fingerprint density at radius 3 is 1.39 bits per heavy atom. The number of amides is 2. The number of unbranched alkanes of at least 4 members (excludes halogenated alkanes) is 33. The van der Waals surface area contributed by atoms with E-state index in [-0.39, 0.29) is 18.9 Å². The standard InChI is InChI=1S/C58H106N2O11/c1-4-6-8-10-12-14-16-18-19-20-21-22-23-24-25-26-27-28-30-32-34-36-38-40-52(62)60-49(53(63)50(61)39-37-35-33-31-29-17-15-13-11-9-7-5-2)45-69-57-56(66)55(65)54(64)51(71-57)46-70-58(67)59-47-41-43-48(68-3)44-42-47/h41-44,49-51,53-57,61,63-66H,4-40,45-46H2,1-3H3,(H,59,67)(H,60,62)/t49?,50?,51-,53?,54+,55+,56-,57+/m1/s1. The van der Waals surface area contributed by atoms with E-state index in [0.29, 0.717) is 24.3 Å². The van der Waals surface area contributed by atoms with E-state index in [2.05, 4.69) is 24.5 Å². The molecule has 2 amide bonds. The van der Waals surface area contributed by atoms with Gasteiger partial charge in [0.15, 0.2) is 6.29 Å². The molecule has 1 aromatic carbocycles. The van der Waals surface area contributed by atoms with Crippen LogP contribution >= 0.6 is 0 Å². The van der Waals surface area contributed by atoms with Crippen LogP contribution in [0.3, 0.4) is 0 Å². The molecule has 0 bridgehead atoms. The van der Waals surface area contributed by atoms with Gasteiger partial charge in [-0.3, -0.25) is 10.1 Å². The third-order valence-corrected chi connectivity index (χ3v) is 14.3. The van der Waals surface area contributed by atoms with E-state index in [9.17, 15) is 35.1 Å². The van der Waals surface area contributed by atoms with Gasteiger partial charge in [-0.25, -0.2) is 4.79 Å². The summed E-state index contributed by atoms with van der Waals surface area (Å²) in [6.07, 6.45) is 33.4. The zero-order valence-corrected chi connectivity index (χ0v) is 45.2. The molecule has 13 heteroatoms. The van der Waals surface area contributed by atoms with Gasteiger partial charge < -0.3 is 49.8 Å². The number of aliphatic hydroxyl groups is 5. The second-order valence-electron chi connectivity index (χ2n) is 20.7. The molecule has 1 aromatic rings. The normalized spacial score (nSPS) is 19.3. The molecular weight excluding hydrogens is 901 g/mol. The number of nitrogens with one attached hydrogen (secondary N) is 2. The number of benzene rings is 1. The van der Waals surface area contributed by atoms with Crippen LogP contribution in [0.1, 0.15) is 251 Å². The van der Waals surface area contributed by atoms with Crippen LogP contribution in [0.4, 0.5) is 10.5 Å². The highest BCUT2D eigenvalue weighted by atomic mass is 16.7. The van der Waals surface area contributed by atoms with Crippen LogP contribution in [-0.4, -0.2) is 107 Å². The molecule has 0 saturated carbocycles. The van der Waals surface area contributed by atoms with Crippen molar-refractivity contribution in [1.82, 2.24) is 5.32 Å². The van der Waals surface area contributed by atoms with Gasteiger partial charge in [0.05, 0.1) is 25.9 Å². The first-order chi connectivity index (χ1) is 34.6.